The van der Waals surface area contributed by atoms with E-state index in [1.54, 1.807) is 0 Å². The smallest absolute Gasteiger partial charge is 0.158 e. The maximum absolute atomic E-state index is 4.81. The highest BCUT2D eigenvalue weighted by molar-refractivity contribution is 5.88. The van der Waals surface area contributed by atoms with Crippen LogP contribution in [0.5, 0.6) is 0 Å². The van der Waals surface area contributed by atoms with Gasteiger partial charge in [-0.15, -0.1) is 0 Å². The molecule has 0 aliphatic carbocycles. The fourth-order valence-electron chi connectivity index (χ4n) is 3.02. The van der Waals surface area contributed by atoms with Crippen LogP contribution in [0.25, 0.3) is 11.0 Å². The number of aromatic nitrogens is 4. The molecule has 0 aromatic carbocycles. The topological polar surface area (TPSA) is 46.8 Å². The average Bonchev–Trinajstić information content (AvgIpc) is 2.66. The van der Waals surface area contributed by atoms with Gasteiger partial charge in [0.2, 0.25) is 0 Å². The maximum Gasteiger partial charge on any atom is 0.158 e. The first-order chi connectivity index (χ1) is 9.70. The zero-order valence-electron chi connectivity index (χ0n) is 12.7. The Labute approximate surface area is 120 Å². The van der Waals surface area contributed by atoms with Crippen molar-refractivity contribution in [1.29, 1.82) is 0 Å². The molecule has 0 spiro atoms. The first kappa shape index (κ1) is 13.3. The Balaban J connectivity index is 2.16. The predicted octanol–water partition coefficient (Wildman–Crippen LogP) is 2.61. The standard InChI is InChI=1S/C15H23N5/c1-4-12-16-13-11(2)18-19(3)14(13)15(17-12)20-9-7-5-6-8-10-20/h4-10H2,1-3H3. The molecule has 0 N–H and O–H groups in total. The van der Waals surface area contributed by atoms with Gasteiger partial charge in [-0.1, -0.05) is 19.8 Å². The number of nitrogens with zero attached hydrogens (tertiary/aromatic N) is 5. The lowest BCUT2D eigenvalue weighted by molar-refractivity contribution is 0.726. The summed E-state index contributed by atoms with van der Waals surface area (Å²) < 4.78 is 1.93. The summed E-state index contributed by atoms with van der Waals surface area (Å²) in [6.07, 6.45) is 6.03. The van der Waals surface area contributed by atoms with Crippen molar-refractivity contribution in [2.24, 2.45) is 7.05 Å². The molecule has 2 aromatic heterocycles. The fourth-order valence-corrected chi connectivity index (χ4v) is 3.02. The lowest BCUT2D eigenvalue weighted by Gasteiger charge is -2.22. The summed E-state index contributed by atoms with van der Waals surface area (Å²) >= 11 is 0. The first-order valence-corrected chi connectivity index (χ1v) is 7.66. The van der Waals surface area contributed by atoms with Gasteiger partial charge in [0.25, 0.3) is 0 Å². The number of aryl methyl sites for hydroxylation is 3. The number of anilines is 1. The summed E-state index contributed by atoms with van der Waals surface area (Å²) in [6.45, 7) is 6.33. The minimum absolute atomic E-state index is 0.866. The van der Waals surface area contributed by atoms with E-state index in [0.717, 1.165) is 47.9 Å². The van der Waals surface area contributed by atoms with E-state index in [1.807, 2.05) is 18.7 Å². The van der Waals surface area contributed by atoms with Crippen molar-refractivity contribution < 1.29 is 0 Å². The van der Waals surface area contributed by atoms with Crippen LogP contribution in [-0.2, 0) is 13.5 Å². The van der Waals surface area contributed by atoms with Crippen LogP contribution in [0.1, 0.15) is 44.1 Å². The van der Waals surface area contributed by atoms with Gasteiger partial charge in [0.1, 0.15) is 16.9 Å². The van der Waals surface area contributed by atoms with Crippen LogP contribution in [0.3, 0.4) is 0 Å². The highest BCUT2D eigenvalue weighted by Gasteiger charge is 2.20. The summed E-state index contributed by atoms with van der Waals surface area (Å²) in [4.78, 5) is 11.9. The minimum atomic E-state index is 0.866. The molecule has 3 heterocycles. The van der Waals surface area contributed by atoms with Gasteiger partial charge in [-0.25, -0.2) is 9.97 Å². The number of hydrogen-bond donors (Lipinski definition) is 0. The molecule has 20 heavy (non-hydrogen) atoms. The number of rotatable bonds is 2. The summed E-state index contributed by atoms with van der Waals surface area (Å²) in [5.74, 6) is 2.00. The van der Waals surface area contributed by atoms with E-state index in [9.17, 15) is 0 Å². The lowest BCUT2D eigenvalue weighted by atomic mass is 10.2. The van der Waals surface area contributed by atoms with Gasteiger partial charge in [-0.3, -0.25) is 4.68 Å². The van der Waals surface area contributed by atoms with Crippen LogP contribution >= 0.6 is 0 Å². The van der Waals surface area contributed by atoms with E-state index >= 15 is 0 Å². The molecule has 5 heteroatoms. The van der Waals surface area contributed by atoms with Crippen molar-refractivity contribution in [3.05, 3.63) is 11.5 Å². The molecule has 5 nitrogen and oxygen atoms in total. The molecular formula is C15H23N5. The van der Waals surface area contributed by atoms with Gasteiger partial charge in [-0.05, 0) is 19.8 Å². The Bertz CT molecular complexity index is 608. The van der Waals surface area contributed by atoms with E-state index < -0.39 is 0 Å². The molecule has 0 atom stereocenters. The van der Waals surface area contributed by atoms with Crippen LogP contribution in [0.2, 0.25) is 0 Å². The second-order valence-corrected chi connectivity index (χ2v) is 5.62. The Morgan fingerprint density at radius 2 is 1.75 bits per heavy atom. The van der Waals surface area contributed by atoms with Crippen LogP contribution in [0.4, 0.5) is 5.82 Å². The molecule has 0 bridgehead atoms. The summed E-state index contributed by atoms with van der Waals surface area (Å²) in [7, 11) is 1.99. The molecule has 3 rings (SSSR count). The molecule has 0 radical (unpaired) electrons. The van der Waals surface area contributed by atoms with E-state index in [2.05, 4.69) is 21.9 Å². The van der Waals surface area contributed by atoms with E-state index in [1.165, 1.54) is 25.7 Å². The van der Waals surface area contributed by atoms with Crippen molar-refractivity contribution in [3.8, 4) is 0 Å². The third-order valence-corrected chi connectivity index (χ3v) is 4.10. The highest BCUT2D eigenvalue weighted by Crippen LogP contribution is 2.27. The van der Waals surface area contributed by atoms with Crippen molar-refractivity contribution in [1.82, 2.24) is 19.7 Å². The van der Waals surface area contributed by atoms with Crippen LogP contribution in [0.15, 0.2) is 0 Å². The zero-order chi connectivity index (χ0) is 14.1. The Kier molecular flexibility index (Phi) is 3.59. The van der Waals surface area contributed by atoms with Gasteiger partial charge >= 0.3 is 0 Å². The monoisotopic (exact) mass is 273 g/mol. The van der Waals surface area contributed by atoms with Gasteiger partial charge in [0, 0.05) is 26.6 Å². The third-order valence-electron chi connectivity index (χ3n) is 4.10. The highest BCUT2D eigenvalue weighted by atomic mass is 15.3. The predicted molar refractivity (Wildman–Crippen MR) is 81.1 cm³/mol. The Morgan fingerprint density at radius 1 is 1.05 bits per heavy atom. The number of hydrogen-bond acceptors (Lipinski definition) is 4. The Hall–Kier alpha value is -1.65. The first-order valence-electron chi connectivity index (χ1n) is 7.66. The largest absolute Gasteiger partial charge is 0.355 e. The fraction of sp³-hybridized carbons (Fsp3) is 0.667. The lowest BCUT2D eigenvalue weighted by Crippen LogP contribution is -2.26. The third kappa shape index (κ3) is 2.25. The molecule has 108 valence electrons. The molecule has 1 fully saturated rings. The van der Waals surface area contributed by atoms with Gasteiger partial charge in [-0.2, -0.15) is 5.10 Å². The van der Waals surface area contributed by atoms with E-state index in [-0.39, 0.29) is 0 Å². The van der Waals surface area contributed by atoms with Gasteiger partial charge in [0.15, 0.2) is 5.82 Å². The summed E-state index contributed by atoms with van der Waals surface area (Å²) in [6, 6.07) is 0. The molecular weight excluding hydrogens is 250 g/mol. The van der Waals surface area contributed by atoms with Crippen molar-refractivity contribution in [2.45, 2.75) is 46.0 Å². The van der Waals surface area contributed by atoms with Crippen LogP contribution in [-0.4, -0.2) is 32.8 Å². The second-order valence-electron chi connectivity index (χ2n) is 5.62. The molecule has 1 aliphatic heterocycles. The summed E-state index contributed by atoms with van der Waals surface area (Å²) in [5, 5.41) is 4.53. The van der Waals surface area contributed by atoms with Crippen LogP contribution in [0, 0.1) is 6.92 Å². The average molecular weight is 273 g/mol. The van der Waals surface area contributed by atoms with E-state index in [0.29, 0.717) is 0 Å². The summed E-state index contributed by atoms with van der Waals surface area (Å²) in [5.41, 5.74) is 3.09. The van der Waals surface area contributed by atoms with Crippen molar-refractivity contribution in [3.63, 3.8) is 0 Å². The van der Waals surface area contributed by atoms with Gasteiger partial charge < -0.3 is 4.90 Å². The SMILES string of the molecule is CCc1nc(N2CCCCCC2)c2c(n1)c(C)nn2C. The van der Waals surface area contributed by atoms with Crippen molar-refractivity contribution in [2.75, 3.05) is 18.0 Å². The quantitative estimate of drug-likeness (QED) is 0.844. The molecule has 2 aromatic rings. The minimum Gasteiger partial charge on any atom is -0.355 e. The zero-order valence-corrected chi connectivity index (χ0v) is 12.7. The maximum atomic E-state index is 4.81. The molecule has 1 saturated heterocycles. The van der Waals surface area contributed by atoms with E-state index in [4.69, 9.17) is 4.98 Å². The van der Waals surface area contributed by atoms with Crippen molar-refractivity contribution >= 4 is 16.9 Å². The molecule has 0 saturated carbocycles. The normalized spacial score (nSPS) is 16.6. The van der Waals surface area contributed by atoms with Crippen LogP contribution < -0.4 is 4.90 Å². The Morgan fingerprint density at radius 3 is 2.40 bits per heavy atom. The van der Waals surface area contributed by atoms with Gasteiger partial charge in [0.05, 0.1) is 5.69 Å². The second kappa shape index (κ2) is 5.38. The number of fused-ring (bicyclic) bond motifs is 1. The molecule has 0 unspecified atom stereocenters. The molecule has 1 aliphatic rings. The molecule has 0 amide bonds.